The van der Waals surface area contributed by atoms with Gasteiger partial charge in [0.1, 0.15) is 27.5 Å². The van der Waals surface area contributed by atoms with Crippen molar-refractivity contribution in [3.05, 3.63) is 76.1 Å². The summed E-state index contributed by atoms with van der Waals surface area (Å²) in [6.07, 6.45) is -0.285. The van der Waals surface area contributed by atoms with Gasteiger partial charge in [0, 0.05) is 17.9 Å². The first-order chi connectivity index (χ1) is 13.9. The Morgan fingerprint density at radius 3 is 2.72 bits per heavy atom. The van der Waals surface area contributed by atoms with Crippen LogP contribution in [0.5, 0.6) is 0 Å². The molecule has 1 aromatic heterocycles. The zero-order chi connectivity index (χ0) is 20.5. The minimum Gasteiger partial charge on any atom is -0.422 e. The lowest BCUT2D eigenvalue weighted by molar-refractivity contribution is -0.121. The van der Waals surface area contributed by atoms with Crippen LogP contribution in [0.2, 0.25) is 0 Å². The van der Waals surface area contributed by atoms with Crippen molar-refractivity contribution in [2.75, 3.05) is 5.32 Å². The number of anilines is 1. The summed E-state index contributed by atoms with van der Waals surface area (Å²) in [6, 6.07) is 11.2. The van der Waals surface area contributed by atoms with E-state index in [4.69, 9.17) is 4.42 Å². The first-order valence-corrected chi connectivity index (χ1v) is 9.36. The summed E-state index contributed by atoms with van der Waals surface area (Å²) < 4.78 is 31.9. The third kappa shape index (κ3) is 3.95. The molecular formula is C20H12F2N2O4S. The van der Waals surface area contributed by atoms with Gasteiger partial charge in [-0.15, -0.1) is 0 Å². The van der Waals surface area contributed by atoms with Gasteiger partial charge in [-0.1, -0.05) is 30.0 Å². The average Bonchev–Trinajstić information content (AvgIpc) is 3.03. The molecule has 1 unspecified atom stereocenters. The van der Waals surface area contributed by atoms with Crippen molar-refractivity contribution < 1.29 is 22.8 Å². The number of amides is 2. The number of carbonyl (C=O) groups is 2. The van der Waals surface area contributed by atoms with Crippen LogP contribution in [0.1, 0.15) is 12.0 Å². The van der Waals surface area contributed by atoms with Crippen LogP contribution >= 0.6 is 11.8 Å². The lowest BCUT2D eigenvalue weighted by atomic mass is 10.2. The quantitative estimate of drug-likeness (QED) is 0.661. The van der Waals surface area contributed by atoms with Gasteiger partial charge in [-0.3, -0.25) is 9.59 Å². The Kier molecular flexibility index (Phi) is 4.98. The third-order valence-corrected chi connectivity index (χ3v) is 5.38. The second-order valence-corrected chi connectivity index (χ2v) is 7.41. The van der Waals surface area contributed by atoms with Crippen molar-refractivity contribution >= 4 is 45.3 Å². The predicted octanol–water partition coefficient (Wildman–Crippen LogP) is 3.49. The first-order valence-electron chi connectivity index (χ1n) is 8.48. The lowest BCUT2D eigenvalue weighted by Gasteiger charge is -2.09. The van der Waals surface area contributed by atoms with Crippen molar-refractivity contribution in [3.8, 4) is 0 Å². The van der Waals surface area contributed by atoms with Gasteiger partial charge in [0.25, 0.3) is 5.91 Å². The molecule has 2 heterocycles. The number of hydrogen-bond acceptors (Lipinski definition) is 5. The fourth-order valence-electron chi connectivity index (χ4n) is 2.81. The zero-order valence-electron chi connectivity index (χ0n) is 14.6. The van der Waals surface area contributed by atoms with Crippen LogP contribution in [-0.2, 0) is 9.59 Å². The highest BCUT2D eigenvalue weighted by molar-refractivity contribution is 8.16. The van der Waals surface area contributed by atoms with E-state index in [0.29, 0.717) is 17.0 Å². The normalized spacial score (nSPS) is 16.1. The fraction of sp³-hybridized carbons (Fsp3) is 0.100. The van der Waals surface area contributed by atoms with Crippen LogP contribution in [0.4, 0.5) is 14.5 Å². The van der Waals surface area contributed by atoms with Gasteiger partial charge in [0.2, 0.25) is 5.91 Å². The first kappa shape index (κ1) is 19.0. The SMILES string of the molecule is O=C(CC1SC(c2cc3ccccc3oc2=O)=NC1=O)Nc1ccc(F)cc1F. The number of fused-ring (bicyclic) bond motifs is 1. The van der Waals surface area contributed by atoms with Crippen LogP contribution in [0.3, 0.4) is 0 Å². The molecule has 2 amide bonds. The number of nitrogens with one attached hydrogen (secondary N) is 1. The minimum atomic E-state index is -0.922. The molecule has 9 heteroatoms. The van der Waals surface area contributed by atoms with Crippen molar-refractivity contribution in [3.63, 3.8) is 0 Å². The standard InChI is InChI=1S/C20H12F2N2O4S/c21-11-5-6-14(13(22)8-11)23-17(25)9-16-18(26)24-19(29-16)12-7-10-3-1-2-4-15(10)28-20(12)27/h1-8,16H,9H2,(H,23,25). The van der Waals surface area contributed by atoms with Gasteiger partial charge in [-0.25, -0.2) is 18.6 Å². The van der Waals surface area contributed by atoms with E-state index in [-0.39, 0.29) is 22.7 Å². The predicted molar refractivity (Wildman–Crippen MR) is 105 cm³/mol. The molecule has 0 radical (unpaired) electrons. The maximum Gasteiger partial charge on any atom is 0.346 e. The molecule has 6 nitrogen and oxygen atoms in total. The Labute approximate surface area is 166 Å². The molecule has 0 saturated carbocycles. The number of para-hydroxylation sites is 1. The van der Waals surface area contributed by atoms with E-state index in [9.17, 15) is 23.2 Å². The van der Waals surface area contributed by atoms with E-state index in [2.05, 4.69) is 10.3 Å². The van der Waals surface area contributed by atoms with E-state index in [1.165, 1.54) is 0 Å². The highest BCUT2D eigenvalue weighted by atomic mass is 32.2. The molecule has 0 fully saturated rings. The molecule has 1 N–H and O–H groups in total. The zero-order valence-corrected chi connectivity index (χ0v) is 15.5. The highest BCUT2D eigenvalue weighted by Gasteiger charge is 2.32. The van der Waals surface area contributed by atoms with Crippen molar-refractivity contribution in [1.29, 1.82) is 0 Å². The molecule has 2 aromatic carbocycles. The highest BCUT2D eigenvalue weighted by Crippen LogP contribution is 2.29. The molecule has 1 atom stereocenters. The molecule has 1 aliphatic heterocycles. The largest absolute Gasteiger partial charge is 0.422 e. The number of halogens is 2. The number of benzene rings is 2. The molecule has 0 bridgehead atoms. The van der Waals surface area contributed by atoms with Crippen molar-refractivity contribution in [1.82, 2.24) is 0 Å². The topological polar surface area (TPSA) is 88.7 Å². The van der Waals surface area contributed by atoms with Crippen molar-refractivity contribution in [2.45, 2.75) is 11.7 Å². The van der Waals surface area contributed by atoms with Gasteiger partial charge in [0.15, 0.2) is 0 Å². The maximum absolute atomic E-state index is 13.7. The Balaban J connectivity index is 1.49. The van der Waals surface area contributed by atoms with E-state index in [1.54, 1.807) is 30.3 Å². The monoisotopic (exact) mass is 414 g/mol. The summed E-state index contributed by atoms with van der Waals surface area (Å²) in [5, 5.41) is 2.27. The molecule has 146 valence electrons. The average molecular weight is 414 g/mol. The van der Waals surface area contributed by atoms with Gasteiger partial charge >= 0.3 is 5.63 Å². The summed E-state index contributed by atoms with van der Waals surface area (Å²) >= 11 is 0.966. The molecule has 0 saturated heterocycles. The van der Waals surface area contributed by atoms with Crippen LogP contribution in [0, 0.1) is 11.6 Å². The number of hydrogen-bond donors (Lipinski definition) is 1. The summed E-state index contributed by atoms with van der Waals surface area (Å²) in [7, 11) is 0. The summed E-state index contributed by atoms with van der Waals surface area (Å²) in [4.78, 5) is 40.5. The molecule has 4 rings (SSSR count). The summed E-state index contributed by atoms with van der Waals surface area (Å²) in [5.74, 6) is -2.90. The second-order valence-electron chi connectivity index (χ2n) is 6.22. The van der Waals surface area contributed by atoms with Crippen LogP contribution in [0.25, 0.3) is 11.0 Å². The van der Waals surface area contributed by atoms with Gasteiger partial charge in [-0.2, -0.15) is 0 Å². The molecule has 0 aliphatic carbocycles. The fourth-order valence-corrected chi connectivity index (χ4v) is 3.88. The molecule has 3 aromatic rings. The van der Waals surface area contributed by atoms with E-state index >= 15 is 0 Å². The Bertz CT molecular complexity index is 1240. The molecular weight excluding hydrogens is 402 g/mol. The number of carbonyl (C=O) groups excluding carboxylic acids is 2. The minimum absolute atomic E-state index is 0.134. The summed E-state index contributed by atoms with van der Waals surface area (Å²) in [6.45, 7) is 0. The van der Waals surface area contributed by atoms with Gasteiger partial charge in [-0.05, 0) is 24.3 Å². The molecule has 0 spiro atoms. The lowest BCUT2D eigenvalue weighted by Crippen LogP contribution is -2.22. The third-order valence-electron chi connectivity index (χ3n) is 4.19. The van der Waals surface area contributed by atoms with E-state index < -0.39 is 34.3 Å². The molecule has 1 aliphatic rings. The number of thioether (sulfide) groups is 1. The number of nitrogens with zero attached hydrogens (tertiary/aromatic N) is 1. The maximum atomic E-state index is 13.7. The Morgan fingerprint density at radius 1 is 1.14 bits per heavy atom. The Hall–Kier alpha value is -3.33. The van der Waals surface area contributed by atoms with Crippen LogP contribution in [-0.4, -0.2) is 22.1 Å². The van der Waals surface area contributed by atoms with E-state index in [1.807, 2.05) is 0 Å². The second kappa shape index (κ2) is 7.59. The Morgan fingerprint density at radius 2 is 1.93 bits per heavy atom. The number of rotatable bonds is 4. The van der Waals surface area contributed by atoms with E-state index in [0.717, 1.165) is 23.9 Å². The molecule has 29 heavy (non-hydrogen) atoms. The van der Waals surface area contributed by atoms with Gasteiger partial charge < -0.3 is 9.73 Å². The van der Waals surface area contributed by atoms with Crippen LogP contribution < -0.4 is 10.9 Å². The number of aliphatic imine (C=N–C) groups is 1. The summed E-state index contributed by atoms with van der Waals surface area (Å²) in [5.41, 5.74) is -0.285. The van der Waals surface area contributed by atoms with Crippen LogP contribution in [0.15, 0.2) is 62.7 Å². The smallest absolute Gasteiger partial charge is 0.346 e. The van der Waals surface area contributed by atoms with Crippen molar-refractivity contribution in [2.24, 2.45) is 4.99 Å². The van der Waals surface area contributed by atoms with Gasteiger partial charge in [0.05, 0.1) is 11.3 Å².